The Hall–Kier alpha value is -1.82. The highest BCUT2D eigenvalue weighted by Crippen LogP contribution is 2.40. The molecular weight excluding hydrogens is 370 g/mol. The second kappa shape index (κ2) is 13.4. The van der Waals surface area contributed by atoms with Crippen LogP contribution in [0.25, 0.3) is 0 Å². The molecule has 0 aromatic heterocycles. The highest BCUT2D eigenvalue weighted by molar-refractivity contribution is 7.80. The summed E-state index contributed by atoms with van der Waals surface area (Å²) in [5.41, 5.74) is 6.22. The zero-order chi connectivity index (χ0) is 20.8. The number of amides is 2. The maximum absolute atomic E-state index is 12.8. The smallest absolute Gasteiger partial charge is 0.226 e. The second-order valence-electron chi connectivity index (χ2n) is 7.30. The lowest BCUT2D eigenvalue weighted by molar-refractivity contribution is -0.133. The van der Waals surface area contributed by atoms with Crippen LogP contribution < -0.4 is 11.1 Å². The number of carbonyl (C=O) groups is 2. The van der Waals surface area contributed by atoms with E-state index in [4.69, 9.17) is 4.79 Å². The number of aliphatic imine (C=N–C) groups is 1. The number of hydrogen-bond donors (Lipinski definition) is 3. The molecule has 1 aromatic carbocycles. The molecule has 2 amide bonds. The van der Waals surface area contributed by atoms with E-state index in [1.807, 2.05) is 13.0 Å². The van der Waals surface area contributed by atoms with Crippen LogP contribution in [0.3, 0.4) is 0 Å². The number of aryl methyl sites for hydroxylation is 1. The average molecular weight is 406 g/mol. The maximum atomic E-state index is 12.8. The van der Waals surface area contributed by atoms with Crippen LogP contribution in [-0.4, -0.2) is 25.1 Å². The van der Waals surface area contributed by atoms with E-state index in [-0.39, 0.29) is 17.7 Å². The van der Waals surface area contributed by atoms with E-state index >= 15 is 0 Å². The first-order valence-electron chi connectivity index (χ1n) is 10.3. The molecule has 0 saturated heterocycles. The Kier molecular flexibility index (Phi) is 11.6. The number of nitrogens with two attached hydrogens (primary N) is 1. The van der Waals surface area contributed by atoms with Gasteiger partial charge in [0.1, 0.15) is 0 Å². The molecule has 0 unspecified atom stereocenters. The van der Waals surface area contributed by atoms with Crippen molar-refractivity contribution in [1.82, 2.24) is 5.32 Å². The number of rotatable bonds is 8. The Labute approximate surface area is 175 Å². The predicted molar refractivity (Wildman–Crippen MR) is 120 cm³/mol. The SMILES string of the molecule is CC=Nc1ccc(CCCNC(=O)C2(CCC)CCCCC2)cc1S.NC=O. The zero-order valence-corrected chi connectivity index (χ0v) is 18.1. The summed E-state index contributed by atoms with van der Waals surface area (Å²) in [6.07, 6.45) is 11.9. The van der Waals surface area contributed by atoms with Gasteiger partial charge >= 0.3 is 0 Å². The summed E-state index contributed by atoms with van der Waals surface area (Å²) in [5, 5.41) is 3.21. The van der Waals surface area contributed by atoms with Crippen molar-refractivity contribution >= 4 is 36.8 Å². The minimum atomic E-state index is -0.0922. The molecular formula is C22H35N3O2S. The zero-order valence-electron chi connectivity index (χ0n) is 17.2. The van der Waals surface area contributed by atoms with E-state index in [0.29, 0.717) is 0 Å². The molecule has 1 fully saturated rings. The van der Waals surface area contributed by atoms with Crippen molar-refractivity contribution in [3.05, 3.63) is 23.8 Å². The largest absolute Gasteiger partial charge is 0.372 e. The third-order valence-electron chi connectivity index (χ3n) is 5.26. The van der Waals surface area contributed by atoms with E-state index in [1.165, 1.54) is 24.8 Å². The fourth-order valence-corrected chi connectivity index (χ4v) is 4.25. The minimum absolute atomic E-state index is 0.0922. The molecule has 0 radical (unpaired) electrons. The maximum Gasteiger partial charge on any atom is 0.226 e. The molecule has 1 saturated carbocycles. The van der Waals surface area contributed by atoms with Gasteiger partial charge in [-0.1, -0.05) is 38.7 Å². The van der Waals surface area contributed by atoms with Gasteiger partial charge in [0, 0.05) is 23.1 Å². The van der Waals surface area contributed by atoms with Crippen LogP contribution in [0.4, 0.5) is 5.69 Å². The van der Waals surface area contributed by atoms with Gasteiger partial charge in [-0.25, -0.2) is 0 Å². The Morgan fingerprint density at radius 3 is 2.57 bits per heavy atom. The van der Waals surface area contributed by atoms with Crippen LogP contribution in [0.1, 0.15) is 70.8 Å². The summed E-state index contributed by atoms with van der Waals surface area (Å²) in [6, 6.07) is 6.19. The Morgan fingerprint density at radius 1 is 1.32 bits per heavy atom. The summed E-state index contributed by atoms with van der Waals surface area (Å²) in [5.74, 6) is 0.288. The van der Waals surface area contributed by atoms with E-state index in [0.717, 1.165) is 55.7 Å². The first-order chi connectivity index (χ1) is 13.5. The van der Waals surface area contributed by atoms with Gasteiger partial charge in [-0.2, -0.15) is 0 Å². The topological polar surface area (TPSA) is 84.6 Å². The first-order valence-corrected chi connectivity index (χ1v) is 10.7. The lowest BCUT2D eigenvalue weighted by Gasteiger charge is -2.35. The van der Waals surface area contributed by atoms with Crippen LogP contribution in [0, 0.1) is 5.41 Å². The molecule has 1 aromatic rings. The van der Waals surface area contributed by atoms with E-state index < -0.39 is 0 Å². The molecule has 28 heavy (non-hydrogen) atoms. The molecule has 3 N–H and O–H groups in total. The average Bonchev–Trinajstić information content (AvgIpc) is 2.69. The molecule has 0 atom stereocenters. The van der Waals surface area contributed by atoms with Gasteiger partial charge in [0.15, 0.2) is 0 Å². The summed E-state index contributed by atoms with van der Waals surface area (Å²) in [7, 11) is 0. The summed E-state index contributed by atoms with van der Waals surface area (Å²) in [4.78, 5) is 26.5. The first kappa shape index (κ1) is 24.2. The summed E-state index contributed by atoms with van der Waals surface area (Å²) in [6.45, 7) is 4.84. The standard InChI is InChI=1S/C21H32N2OS.CH3NO/c1-3-12-21(13-6-5-7-14-21)20(24)23-15-8-9-17-10-11-18(22-4-2)19(25)16-17;2-1-3/h4,10-11,16,25H,3,5-9,12-15H2,1-2H3,(H,23,24);1H,(H2,2,3). The van der Waals surface area contributed by atoms with Gasteiger partial charge in [0.2, 0.25) is 12.3 Å². The van der Waals surface area contributed by atoms with Crippen LogP contribution in [0.5, 0.6) is 0 Å². The highest BCUT2D eigenvalue weighted by Gasteiger charge is 2.38. The van der Waals surface area contributed by atoms with E-state index in [2.05, 4.69) is 47.7 Å². The van der Waals surface area contributed by atoms with Crippen molar-refractivity contribution in [2.45, 2.75) is 76.5 Å². The fourth-order valence-electron chi connectivity index (χ4n) is 3.95. The third kappa shape index (κ3) is 7.66. The van der Waals surface area contributed by atoms with Crippen molar-refractivity contribution in [2.75, 3.05) is 6.54 Å². The number of thiol groups is 1. The molecule has 5 nitrogen and oxygen atoms in total. The molecule has 6 heteroatoms. The fraction of sp³-hybridized carbons (Fsp3) is 0.591. The second-order valence-corrected chi connectivity index (χ2v) is 7.78. The van der Waals surface area contributed by atoms with Crippen LogP contribution in [0.2, 0.25) is 0 Å². The molecule has 0 bridgehead atoms. The summed E-state index contributed by atoms with van der Waals surface area (Å²) >= 11 is 4.50. The molecule has 1 aliphatic carbocycles. The number of nitrogens with zero attached hydrogens (tertiary/aromatic N) is 1. The minimum Gasteiger partial charge on any atom is -0.372 e. The van der Waals surface area contributed by atoms with Gasteiger partial charge in [0.25, 0.3) is 0 Å². The lowest BCUT2D eigenvalue weighted by Crippen LogP contribution is -2.42. The molecule has 0 heterocycles. The van der Waals surface area contributed by atoms with Gasteiger partial charge in [-0.15, -0.1) is 12.6 Å². The molecule has 0 spiro atoms. The number of nitrogens with one attached hydrogen (secondary N) is 1. The number of primary amides is 1. The lowest BCUT2D eigenvalue weighted by atomic mass is 9.70. The van der Waals surface area contributed by atoms with Gasteiger partial charge in [-0.3, -0.25) is 14.6 Å². The van der Waals surface area contributed by atoms with Crippen molar-refractivity contribution in [2.24, 2.45) is 16.1 Å². The Bertz CT molecular complexity index is 635. The number of benzene rings is 1. The molecule has 2 rings (SSSR count). The Morgan fingerprint density at radius 2 is 2.00 bits per heavy atom. The number of hydrogen-bond acceptors (Lipinski definition) is 4. The molecule has 1 aliphatic rings. The van der Waals surface area contributed by atoms with Crippen LogP contribution in [-0.2, 0) is 16.0 Å². The van der Waals surface area contributed by atoms with Crippen LogP contribution >= 0.6 is 12.6 Å². The van der Waals surface area contributed by atoms with Crippen molar-refractivity contribution in [3.8, 4) is 0 Å². The van der Waals surface area contributed by atoms with Gasteiger partial charge < -0.3 is 11.1 Å². The van der Waals surface area contributed by atoms with Crippen molar-refractivity contribution < 1.29 is 9.59 Å². The highest BCUT2D eigenvalue weighted by atomic mass is 32.1. The van der Waals surface area contributed by atoms with Crippen LogP contribution in [0.15, 0.2) is 28.1 Å². The molecule has 156 valence electrons. The normalized spacial score (nSPS) is 15.5. The molecule has 0 aliphatic heterocycles. The monoisotopic (exact) mass is 405 g/mol. The van der Waals surface area contributed by atoms with Gasteiger partial charge in [0.05, 0.1) is 5.69 Å². The number of carbonyl (C=O) groups excluding carboxylic acids is 2. The predicted octanol–water partition coefficient (Wildman–Crippen LogP) is 4.60. The third-order valence-corrected chi connectivity index (χ3v) is 5.61. The van der Waals surface area contributed by atoms with Crippen molar-refractivity contribution in [3.63, 3.8) is 0 Å². The van der Waals surface area contributed by atoms with Gasteiger partial charge in [-0.05, 0) is 56.7 Å². The van der Waals surface area contributed by atoms with E-state index in [9.17, 15) is 4.79 Å². The van der Waals surface area contributed by atoms with Crippen molar-refractivity contribution in [1.29, 1.82) is 0 Å². The quantitative estimate of drug-likeness (QED) is 0.256. The van der Waals surface area contributed by atoms with E-state index in [1.54, 1.807) is 6.21 Å². The summed E-state index contributed by atoms with van der Waals surface area (Å²) < 4.78 is 0. The Balaban J connectivity index is 0.00000122.